The number of carbonyl (C=O) groups excluding carboxylic acids is 1. The van der Waals surface area contributed by atoms with E-state index in [4.69, 9.17) is 12.2 Å². The Morgan fingerprint density at radius 1 is 1.18 bits per heavy atom. The molecule has 158 valence electrons. The van der Waals surface area contributed by atoms with Crippen molar-refractivity contribution in [2.75, 3.05) is 16.8 Å². The summed E-state index contributed by atoms with van der Waals surface area (Å²) in [6.07, 6.45) is 4.01. The predicted octanol–water partition coefficient (Wildman–Crippen LogP) is 4.34. The molecule has 0 aliphatic heterocycles. The Morgan fingerprint density at radius 2 is 1.89 bits per heavy atom. The van der Waals surface area contributed by atoms with Gasteiger partial charge < -0.3 is 10.4 Å². The van der Waals surface area contributed by atoms with Crippen molar-refractivity contribution in [3.05, 3.63) is 30.3 Å². The van der Waals surface area contributed by atoms with Gasteiger partial charge in [0.2, 0.25) is 5.91 Å². The average Bonchev–Trinajstić information content (AvgIpc) is 2.67. The number of hydrogen-bond donors (Lipinski definition) is 4. The smallest absolute Gasteiger partial charge is 0.241 e. The van der Waals surface area contributed by atoms with Crippen LogP contribution in [0.1, 0.15) is 52.9 Å². The molecule has 4 N–H and O–H groups in total. The second kappa shape index (κ2) is 14.7. The van der Waals surface area contributed by atoms with Crippen molar-refractivity contribution in [2.24, 2.45) is 11.8 Å². The fourth-order valence-corrected chi connectivity index (χ4v) is 3.89. The molecule has 0 radical (unpaired) electrons. The molecule has 0 fully saturated rings. The average molecular weight is 426 g/mol. The Balaban J connectivity index is 2.47. The molecule has 5 nitrogen and oxygen atoms in total. The summed E-state index contributed by atoms with van der Waals surface area (Å²) >= 11 is 6.98. The molecular weight excluding hydrogens is 390 g/mol. The van der Waals surface area contributed by atoms with Gasteiger partial charge >= 0.3 is 0 Å². The van der Waals surface area contributed by atoms with Crippen LogP contribution < -0.4 is 16.2 Å². The van der Waals surface area contributed by atoms with Gasteiger partial charge in [0.15, 0.2) is 5.11 Å². The Hall–Kier alpha value is -1.31. The van der Waals surface area contributed by atoms with E-state index in [9.17, 15) is 9.90 Å². The van der Waals surface area contributed by atoms with Gasteiger partial charge in [-0.05, 0) is 55.3 Å². The van der Waals surface area contributed by atoms with Crippen LogP contribution in [0.2, 0.25) is 0 Å². The third-order valence-electron chi connectivity index (χ3n) is 4.30. The van der Waals surface area contributed by atoms with E-state index in [0.29, 0.717) is 23.2 Å². The van der Waals surface area contributed by atoms with Gasteiger partial charge in [-0.3, -0.25) is 15.6 Å². The van der Waals surface area contributed by atoms with Crippen LogP contribution in [0.3, 0.4) is 0 Å². The number of rotatable bonds is 12. The highest BCUT2D eigenvalue weighted by atomic mass is 32.2. The lowest BCUT2D eigenvalue weighted by atomic mass is 9.92. The van der Waals surface area contributed by atoms with Crippen molar-refractivity contribution < 1.29 is 9.90 Å². The van der Waals surface area contributed by atoms with Crippen molar-refractivity contribution in [2.45, 2.75) is 59.0 Å². The van der Waals surface area contributed by atoms with Crippen molar-refractivity contribution in [3.63, 3.8) is 0 Å². The van der Waals surface area contributed by atoms with E-state index in [1.54, 1.807) is 11.8 Å². The summed E-state index contributed by atoms with van der Waals surface area (Å²) in [5.41, 5.74) is 6.32. The first kappa shape index (κ1) is 24.7. The van der Waals surface area contributed by atoms with E-state index < -0.39 is 6.10 Å². The third kappa shape index (κ3) is 11.5. The Bertz CT molecular complexity index is 570. The lowest BCUT2D eigenvalue weighted by Gasteiger charge is -2.21. The third-order valence-corrected chi connectivity index (χ3v) is 5.71. The first-order chi connectivity index (χ1) is 13.4. The number of aliphatic hydroxyl groups is 1. The number of hydrogen-bond acceptors (Lipinski definition) is 4. The zero-order valence-electron chi connectivity index (χ0n) is 17.2. The van der Waals surface area contributed by atoms with Gasteiger partial charge in [-0.15, -0.1) is 0 Å². The minimum absolute atomic E-state index is 0.129. The number of carbonyl (C=O) groups is 1. The fourth-order valence-electron chi connectivity index (χ4n) is 2.66. The summed E-state index contributed by atoms with van der Waals surface area (Å²) in [5, 5.41) is 13.7. The van der Waals surface area contributed by atoms with Crippen molar-refractivity contribution in [1.29, 1.82) is 0 Å². The number of para-hydroxylation sites is 1. The van der Waals surface area contributed by atoms with Gasteiger partial charge in [0.05, 0.1) is 6.10 Å². The normalized spacial score (nSPS) is 13.0. The van der Waals surface area contributed by atoms with Gasteiger partial charge in [-0.2, -0.15) is 11.8 Å². The van der Waals surface area contributed by atoms with E-state index in [0.717, 1.165) is 37.1 Å². The number of thioether (sulfide) groups is 1. The largest absolute Gasteiger partial charge is 0.392 e. The van der Waals surface area contributed by atoms with Gasteiger partial charge in [0, 0.05) is 17.4 Å². The van der Waals surface area contributed by atoms with Gasteiger partial charge in [0.1, 0.15) is 0 Å². The second-order valence-electron chi connectivity index (χ2n) is 7.42. The van der Waals surface area contributed by atoms with Crippen LogP contribution in [0.25, 0.3) is 0 Å². The van der Waals surface area contributed by atoms with Crippen LogP contribution >= 0.6 is 24.0 Å². The lowest BCUT2D eigenvalue weighted by Crippen LogP contribution is -2.46. The molecule has 1 amide bonds. The molecule has 0 aliphatic rings. The number of unbranched alkanes of at least 4 members (excludes halogenated alkanes) is 1. The Labute approximate surface area is 179 Å². The molecule has 2 atom stereocenters. The second-order valence-corrected chi connectivity index (χ2v) is 8.98. The molecule has 0 unspecified atom stereocenters. The quantitative estimate of drug-likeness (QED) is 0.227. The number of anilines is 1. The maximum absolute atomic E-state index is 12.6. The molecule has 0 saturated heterocycles. The molecule has 0 heterocycles. The Kier molecular flexibility index (Phi) is 12.9. The van der Waals surface area contributed by atoms with Crippen LogP contribution in [0.4, 0.5) is 5.69 Å². The molecule has 0 spiro atoms. The van der Waals surface area contributed by atoms with E-state index in [2.05, 4.69) is 36.9 Å². The number of hydrazine groups is 1. The summed E-state index contributed by atoms with van der Waals surface area (Å²) in [5.74, 6) is 1.87. The van der Waals surface area contributed by atoms with Gasteiger partial charge in [-0.25, -0.2) is 0 Å². The minimum Gasteiger partial charge on any atom is -0.392 e. The topological polar surface area (TPSA) is 73.4 Å². The lowest BCUT2D eigenvalue weighted by molar-refractivity contribution is -0.126. The maximum Gasteiger partial charge on any atom is 0.241 e. The first-order valence-corrected chi connectivity index (χ1v) is 11.7. The predicted molar refractivity (Wildman–Crippen MR) is 124 cm³/mol. The minimum atomic E-state index is -0.473. The zero-order chi connectivity index (χ0) is 20.8. The summed E-state index contributed by atoms with van der Waals surface area (Å²) in [7, 11) is 0. The van der Waals surface area contributed by atoms with Crippen molar-refractivity contribution >= 4 is 40.7 Å². The number of amides is 1. The highest BCUT2D eigenvalue weighted by Gasteiger charge is 2.22. The molecule has 0 saturated carbocycles. The van der Waals surface area contributed by atoms with Crippen LogP contribution in [-0.4, -0.2) is 33.7 Å². The molecule has 7 heteroatoms. The molecule has 0 bridgehead atoms. The first-order valence-electron chi connectivity index (χ1n) is 10.1. The molecule has 0 aromatic heterocycles. The standard InChI is InChI=1S/C21H35N3O2S2/c1-4-5-13-28-15-19(25)14-17(12-11-16(2)3)20(26)23-24-21(27)22-18-9-7-6-8-10-18/h6-10,16-17,19,25H,4-5,11-15H2,1-3H3,(H,23,26)(H2,22,24,27)/t17-,19+/m1/s1. The van der Waals surface area contributed by atoms with Crippen LogP contribution in [-0.2, 0) is 4.79 Å². The van der Waals surface area contributed by atoms with E-state index >= 15 is 0 Å². The molecule has 1 aromatic carbocycles. The Morgan fingerprint density at radius 3 is 2.54 bits per heavy atom. The monoisotopic (exact) mass is 425 g/mol. The van der Waals surface area contributed by atoms with Crippen molar-refractivity contribution in [3.8, 4) is 0 Å². The number of benzene rings is 1. The number of thiocarbonyl (C=S) groups is 1. The summed E-state index contributed by atoms with van der Waals surface area (Å²) in [6, 6.07) is 9.53. The summed E-state index contributed by atoms with van der Waals surface area (Å²) < 4.78 is 0. The van der Waals surface area contributed by atoms with Crippen LogP contribution in [0, 0.1) is 11.8 Å². The molecule has 1 aromatic rings. The number of aliphatic hydroxyl groups excluding tert-OH is 1. The van der Waals surface area contributed by atoms with Crippen LogP contribution in [0.15, 0.2) is 30.3 Å². The van der Waals surface area contributed by atoms with E-state index in [1.807, 2.05) is 30.3 Å². The molecule has 28 heavy (non-hydrogen) atoms. The van der Waals surface area contributed by atoms with Gasteiger partial charge in [0.25, 0.3) is 0 Å². The fraction of sp³-hybridized carbons (Fsp3) is 0.619. The number of nitrogens with one attached hydrogen (secondary N) is 3. The highest BCUT2D eigenvalue weighted by Crippen LogP contribution is 2.20. The van der Waals surface area contributed by atoms with Crippen molar-refractivity contribution in [1.82, 2.24) is 10.9 Å². The van der Waals surface area contributed by atoms with E-state index in [-0.39, 0.29) is 11.8 Å². The zero-order valence-corrected chi connectivity index (χ0v) is 18.9. The van der Waals surface area contributed by atoms with Crippen LogP contribution in [0.5, 0.6) is 0 Å². The summed E-state index contributed by atoms with van der Waals surface area (Å²) in [4.78, 5) is 12.6. The maximum atomic E-state index is 12.6. The SMILES string of the molecule is CCCCSC[C@@H](O)C[C@@H](CCC(C)C)C(=O)NNC(=S)Nc1ccccc1. The summed E-state index contributed by atoms with van der Waals surface area (Å²) in [6.45, 7) is 6.44. The molecule has 1 rings (SSSR count). The van der Waals surface area contributed by atoms with Gasteiger partial charge in [-0.1, -0.05) is 51.8 Å². The molecule has 0 aliphatic carbocycles. The molecular formula is C21H35N3O2S2. The highest BCUT2D eigenvalue weighted by molar-refractivity contribution is 7.99. The van der Waals surface area contributed by atoms with E-state index in [1.165, 1.54) is 0 Å².